The molecule has 28 heavy (non-hydrogen) atoms. The van der Waals surface area contributed by atoms with E-state index in [9.17, 15) is 4.79 Å². The van der Waals surface area contributed by atoms with Crippen LogP contribution in [-0.2, 0) is 11.3 Å². The predicted octanol–water partition coefficient (Wildman–Crippen LogP) is 4.10. The summed E-state index contributed by atoms with van der Waals surface area (Å²) in [5.41, 5.74) is 2.49. The number of rotatable bonds is 4. The van der Waals surface area contributed by atoms with Gasteiger partial charge in [-0.05, 0) is 49.2 Å². The lowest BCUT2D eigenvalue weighted by atomic mass is 10.0. The second-order valence-electron chi connectivity index (χ2n) is 6.83. The van der Waals surface area contributed by atoms with Gasteiger partial charge in [-0.15, -0.1) is 0 Å². The van der Waals surface area contributed by atoms with E-state index in [1.165, 1.54) is 0 Å². The van der Waals surface area contributed by atoms with E-state index in [1.54, 1.807) is 37.6 Å². The average molecular weight is 400 g/mol. The SMILES string of the molecule is COCc1nc2cccnc2n1C1CCN(C(=O)Nc2ccc(Cl)cc2)CC1. The second kappa shape index (κ2) is 8.16. The summed E-state index contributed by atoms with van der Waals surface area (Å²) in [6, 6.07) is 11.1. The first kappa shape index (κ1) is 18.7. The van der Waals surface area contributed by atoms with Crippen LogP contribution in [0.5, 0.6) is 0 Å². The number of ether oxygens (including phenoxy) is 1. The number of hydrogen-bond acceptors (Lipinski definition) is 4. The van der Waals surface area contributed by atoms with Crippen molar-refractivity contribution in [2.75, 3.05) is 25.5 Å². The Balaban J connectivity index is 1.45. The van der Waals surface area contributed by atoms with Gasteiger partial charge in [-0.3, -0.25) is 0 Å². The Bertz CT molecular complexity index is 964. The minimum Gasteiger partial charge on any atom is -0.377 e. The van der Waals surface area contributed by atoms with Crippen LogP contribution in [0.3, 0.4) is 0 Å². The lowest BCUT2D eigenvalue weighted by molar-refractivity contribution is 0.162. The molecule has 0 unspecified atom stereocenters. The molecule has 1 aromatic carbocycles. The molecule has 1 aliphatic rings. The van der Waals surface area contributed by atoms with Crippen LogP contribution in [0, 0.1) is 0 Å². The molecule has 2 amide bonds. The number of likely N-dealkylation sites (tertiary alicyclic amines) is 1. The highest BCUT2D eigenvalue weighted by molar-refractivity contribution is 6.30. The van der Waals surface area contributed by atoms with E-state index in [0.29, 0.717) is 24.7 Å². The van der Waals surface area contributed by atoms with Gasteiger partial charge in [0, 0.05) is 43.1 Å². The zero-order valence-corrected chi connectivity index (χ0v) is 16.4. The van der Waals surface area contributed by atoms with Crippen molar-refractivity contribution in [1.29, 1.82) is 0 Å². The van der Waals surface area contributed by atoms with Crippen LogP contribution in [0.1, 0.15) is 24.7 Å². The van der Waals surface area contributed by atoms with Gasteiger partial charge in [0.15, 0.2) is 5.65 Å². The molecule has 1 fully saturated rings. The number of amides is 2. The van der Waals surface area contributed by atoms with Crippen molar-refractivity contribution in [3.63, 3.8) is 0 Å². The number of benzene rings is 1. The molecular formula is C20H22ClN5O2. The summed E-state index contributed by atoms with van der Waals surface area (Å²) < 4.78 is 7.50. The van der Waals surface area contributed by atoms with Gasteiger partial charge in [0.1, 0.15) is 17.9 Å². The lowest BCUT2D eigenvalue weighted by Crippen LogP contribution is -2.41. The molecule has 2 aromatic heterocycles. The zero-order valence-electron chi connectivity index (χ0n) is 15.6. The lowest BCUT2D eigenvalue weighted by Gasteiger charge is -2.33. The van der Waals surface area contributed by atoms with Crippen LogP contribution in [0.15, 0.2) is 42.6 Å². The highest BCUT2D eigenvalue weighted by Crippen LogP contribution is 2.28. The summed E-state index contributed by atoms with van der Waals surface area (Å²) in [4.78, 5) is 23.6. The van der Waals surface area contributed by atoms with E-state index >= 15 is 0 Å². The Morgan fingerprint density at radius 3 is 2.71 bits per heavy atom. The molecule has 3 heterocycles. The smallest absolute Gasteiger partial charge is 0.321 e. The maximum Gasteiger partial charge on any atom is 0.321 e. The first-order valence-electron chi connectivity index (χ1n) is 9.28. The van der Waals surface area contributed by atoms with E-state index in [-0.39, 0.29) is 12.1 Å². The number of nitrogens with one attached hydrogen (secondary N) is 1. The zero-order chi connectivity index (χ0) is 19.5. The third kappa shape index (κ3) is 3.81. The third-order valence-corrected chi connectivity index (χ3v) is 5.26. The molecule has 8 heteroatoms. The number of fused-ring (bicyclic) bond motifs is 1. The number of urea groups is 1. The Kier molecular flexibility index (Phi) is 5.45. The third-order valence-electron chi connectivity index (χ3n) is 5.01. The van der Waals surface area contributed by atoms with Gasteiger partial charge >= 0.3 is 6.03 Å². The minimum absolute atomic E-state index is 0.0912. The molecule has 7 nitrogen and oxygen atoms in total. The van der Waals surface area contributed by atoms with Gasteiger partial charge in [0.05, 0.1) is 0 Å². The molecule has 146 valence electrons. The van der Waals surface area contributed by atoms with Crippen LogP contribution < -0.4 is 5.32 Å². The molecule has 0 bridgehead atoms. The van der Waals surface area contributed by atoms with Crippen LogP contribution >= 0.6 is 11.6 Å². The van der Waals surface area contributed by atoms with Gasteiger partial charge in [-0.2, -0.15) is 0 Å². The fourth-order valence-electron chi connectivity index (χ4n) is 3.65. The number of anilines is 1. The minimum atomic E-state index is -0.0912. The first-order chi connectivity index (χ1) is 13.7. The Hall–Kier alpha value is -2.64. The number of halogens is 1. The summed E-state index contributed by atoms with van der Waals surface area (Å²) in [6.45, 7) is 1.78. The Morgan fingerprint density at radius 1 is 1.25 bits per heavy atom. The maximum absolute atomic E-state index is 12.6. The van der Waals surface area contributed by atoms with Crippen molar-refractivity contribution < 1.29 is 9.53 Å². The first-order valence-corrected chi connectivity index (χ1v) is 9.66. The van der Waals surface area contributed by atoms with E-state index in [4.69, 9.17) is 16.3 Å². The largest absolute Gasteiger partial charge is 0.377 e. The number of carbonyl (C=O) groups excluding carboxylic acids is 1. The molecule has 0 aliphatic carbocycles. The Morgan fingerprint density at radius 2 is 2.00 bits per heavy atom. The van der Waals surface area contributed by atoms with Crippen molar-refractivity contribution >= 4 is 34.5 Å². The monoisotopic (exact) mass is 399 g/mol. The fraction of sp³-hybridized carbons (Fsp3) is 0.350. The molecule has 0 spiro atoms. The number of imidazole rings is 1. The van der Waals surface area contributed by atoms with Gasteiger partial charge in [-0.1, -0.05) is 11.6 Å². The van der Waals surface area contributed by atoms with Crippen LogP contribution in [0.2, 0.25) is 5.02 Å². The second-order valence-corrected chi connectivity index (χ2v) is 7.27. The summed E-state index contributed by atoms with van der Waals surface area (Å²) >= 11 is 5.89. The summed E-state index contributed by atoms with van der Waals surface area (Å²) in [6.07, 6.45) is 3.46. The van der Waals surface area contributed by atoms with Gasteiger partial charge < -0.3 is 19.5 Å². The molecule has 0 atom stereocenters. The van der Waals surface area contributed by atoms with Crippen LogP contribution in [0.25, 0.3) is 11.2 Å². The van der Waals surface area contributed by atoms with E-state index < -0.39 is 0 Å². The van der Waals surface area contributed by atoms with Crippen molar-refractivity contribution in [2.45, 2.75) is 25.5 Å². The number of hydrogen-bond donors (Lipinski definition) is 1. The number of methoxy groups -OCH3 is 1. The number of aromatic nitrogens is 3. The summed E-state index contributed by atoms with van der Waals surface area (Å²) in [5.74, 6) is 0.875. The molecule has 4 rings (SSSR count). The summed E-state index contributed by atoms with van der Waals surface area (Å²) in [7, 11) is 1.67. The number of nitrogens with zero attached hydrogens (tertiary/aromatic N) is 4. The molecule has 1 saturated heterocycles. The standard InChI is InChI=1S/C20H22ClN5O2/c1-28-13-18-24-17-3-2-10-22-19(17)26(18)16-8-11-25(12-9-16)20(27)23-15-6-4-14(21)5-7-15/h2-7,10,16H,8-9,11-13H2,1H3,(H,23,27). The van der Waals surface area contributed by atoms with Crippen molar-refractivity contribution in [3.8, 4) is 0 Å². The van der Waals surface area contributed by atoms with Gasteiger partial charge in [-0.25, -0.2) is 14.8 Å². The van der Waals surface area contributed by atoms with Gasteiger partial charge in [0.25, 0.3) is 0 Å². The van der Waals surface area contributed by atoms with Crippen LogP contribution in [0.4, 0.5) is 10.5 Å². The number of pyridine rings is 1. The van der Waals surface area contributed by atoms with Crippen LogP contribution in [-0.4, -0.2) is 45.7 Å². The van der Waals surface area contributed by atoms with E-state index in [1.807, 2.05) is 17.0 Å². The molecule has 0 saturated carbocycles. The van der Waals surface area contributed by atoms with Crippen molar-refractivity contribution in [3.05, 3.63) is 53.4 Å². The molecule has 3 aromatic rings. The summed E-state index contributed by atoms with van der Waals surface area (Å²) in [5, 5.41) is 3.57. The average Bonchev–Trinajstić information content (AvgIpc) is 3.08. The van der Waals surface area contributed by atoms with E-state index in [0.717, 1.165) is 35.5 Å². The van der Waals surface area contributed by atoms with Crippen molar-refractivity contribution in [1.82, 2.24) is 19.4 Å². The fourth-order valence-corrected chi connectivity index (χ4v) is 3.78. The highest BCUT2D eigenvalue weighted by atomic mass is 35.5. The normalized spacial score (nSPS) is 15.1. The Labute approximate surface area is 168 Å². The maximum atomic E-state index is 12.6. The van der Waals surface area contributed by atoms with Gasteiger partial charge in [0.2, 0.25) is 0 Å². The number of piperidine rings is 1. The highest BCUT2D eigenvalue weighted by Gasteiger charge is 2.27. The van der Waals surface area contributed by atoms with Crippen molar-refractivity contribution in [2.24, 2.45) is 0 Å². The molecule has 1 aliphatic heterocycles. The molecule has 0 radical (unpaired) electrons. The quantitative estimate of drug-likeness (QED) is 0.716. The molecule has 1 N–H and O–H groups in total. The topological polar surface area (TPSA) is 72.3 Å². The molecular weight excluding hydrogens is 378 g/mol. The van der Waals surface area contributed by atoms with E-state index in [2.05, 4.69) is 19.9 Å². The number of carbonyl (C=O) groups is 1. The predicted molar refractivity (Wildman–Crippen MR) is 109 cm³/mol.